The van der Waals surface area contributed by atoms with Crippen LogP contribution in [0.5, 0.6) is 0 Å². The van der Waals surface area contributed by atoms with Crippen LogP contribution in [0.15, 0.2) is 158 Å². The number of fused-ring (bicyclic) bond motifs is 24. The fourth-order valence-electron chi connectivity index (χ4n) is 19.0. The molecule has 0 saturated carbocycles. The summed E-state index contributed by atoms with van der Waals surface area (Å²) in [6.07, 6.45) is 5.88. The molecule has 16 heterocycles. The number of aromatic nitrogens is 22. The van der Waals surface area contributed by atoms with Gasteiger partial charge in [-0.1, -0.05) is 276 Å². The average molecular weight is 2050 g/mol. The molecule has 0 aliphatic rings. The summed E-state index contributed by atoms with van der Waals surface area (Å²) >= 11 is 7.30. The summed E-state index contributed by atoms with van der Waals surface area (Å²) in [6, 6.07) is 50.0. The molecule has 0 fully saturated rings. The van der Waals surface area contributed by atoms with Crippen molar-refractivity contribution < 1.29 is 0 Å². The van der Waals surface area contributed by atoms with Crippen molar-refractivity contribution in [3.8, 4) is 0 Å². The minimum absolute atomic E-state index is 0.430. The minimum Gasteiger partial charge on any atom is -0.281 e. The van der Waals surface area contributed by atoms with E-state index in [4.69, 9.17) is 9.97 Å². The monoisotopic (exact) mass is 2050 g/mol. The molecule has 0 bridgehead atoms. The largest absolute Gasteiger partial charge is 0.281 e. The number of nitrogens with one attached hydrogen (secondary N) is 8. The second kappa shape index (κ2) is 44.3. The van der Waals surface area contributed by atoms with Crippen LogP contribution in [-0.2, 0) is 0 Å². The Morgan fingerprint density at radius 2 is 0.568 bits per heavy atom. The zero-order valence-electron chi connectivity index (χ0n) is 92.1. The molecule has 8 N–H and O–H groups in total. The lowest BCUT2D eigenvalue weighted by Crippen LogP contribution is -1.93. The number of rotatable bonds is 16. The topological polar surface area (TPSA) is 307 Å². The van der Waals surface area contributed by atoms with E-state index in [0.29, 0.717) is 94.7 Å². The van der Waals surface area contributed by atoms with Gasteiger partial charge >= 0.3 is 0 Å². The maximum Gasteiger partial charge on any atom is 0.119 e. The van der Waals surface area contributed by atoms with Gasteiger partial charge in [-0.15, -0.1) is 45.3 Å². The second-order valence-electron chi connectivity index (χ2n) is 44.5. The van der Waals surface area contributed by atoms with Crippen LogP contribution >= 0.6 is 45.3 Å². The maximum absolute atomic E-state index is 4.79. The third kappa shape index (κ3) is 21.6. The lowest BCUT2D eigenvalue weighted by molar-refractivity contribution is 0.817. The first kappa shape index (κ1) is 106. The highest BCUT2D eigenvalue weighted by Crippen LogP contribution is 2.44. The number of aromatic amines is 8. The zero-order chi connectivity index (χ0) is 106. The van der Waals surface area contributed by atoms with Crippen molar-refractivity contribution in [1.82, 2.24) is 111 Å². The van der Waals surface area contributed by atoms with Crippen molar-refractivity contribution >= 4 is 217 Å². The lowest BCUT2D eigenvalue weighted by Gasteiger charge is -2.07. The van der Waals surface area contributed by atoms with Crippen molar-refractivity contribution in [3.63, 3.8) is 0 Å². The zero-order valence-corrected chi connectivity index (χ0v) is 95.4. The Bertz CT molecular complexity index is 8070. The molecule has 0 unspecified atom stereocenters. The molecule has 0 amide bonds. The average Bonchev–Trinajstić information content (AvgIpc) is 1.61. The summed E-state index contributed by atoms with van der Waals surface area (Å²) < 4.78 is 5.10. The molecular formula is C122H146N22S4. The normalized spacial score (nSPS) is 12.2. The van der Waals surface area contributed by atoms with Crippen LogP contribution in [-0.4, -0.2) is 111 Å². The fraction of sp³-hybridized carbons (Fsp3) is 0.393. The molecule has 0 spiro atoms. The van der Waals surface area contributed by atoms with Crippen LogP contribution < -0.4 is 0 Å². The number of H-pyrrole nitrogens is 8. The molecule has 8 aromatic carbocycles. The van der Waals surface area contributed by atoms with Crippen LogP contribution in [0, 0.1) is 0 Å². The number of hydrogen-bond acceptors (Lipinski definition) is 18. The number of thiophene rings is 2. The van der Waals surface area contributed by atoms with Gasteiger partial charge in [0.2, 0.25) is 0 Å². The Labute approximate surface area is 883 Å². The van der Waals surface area contributed by atoms with Gasteiger partial charge in [0.1, 0.15) is 49.7 Å². The number of benzene rings is 8. The highest BCUT2D eigenvalue weighted by molar-refractivity contribution is 7.20. The third-order valence-corrected chi connectivity index (χ3v) is 33.4. The van der Waals surface area contributed by atoms with Gasteiger partial charge in [-0.2, -0.15) is 40.8 Å². The van der Waals surface area contributed by atoms with E-state index in [9.17, 15) is 0 Å². The van der Waals surface area contributed by atoms with E-state index in [1.165, 1.54) is 149 Å². The van der Waals surface area contributed by atoms with E-state index < -0.39 is 0 Å². The van der Waals surface area contributed by atoms with Crippen molar-refractivity contribution in [2.45, 2.75) is 316 Å². The summed E-state index contributed by atoms with van der Waals surface area (Å²) in [5, 5.41) is 80.6. The van der Waals surface area contributed by atoms with Crippen LogP contribution in [0.2, 0.25) is 0 Å². The minimum atomic E-state index is 0.430. The molecule has 0 aliphatic heterocycles. The predicted molar refractivity (Wildman–Crippen MR) is 632 cm³/mol. The Balaban J connectivity index is 0.000000115. The molecule has 16 aromatic heterocycles. The first-order valence-electron chi connectivity index (χ1n) is 53.0. The van der Waals surface area contributed by atoms with E-state index in [1.54, 1.807) is 22.7 Å². The molecular weight excluding hydrogens is 1900 g/mol. The van der Waals surface area contributed by atoms with E-state index in [1.807, 2.05) is 41.3 Å². The number of nitrogens with zero attached hydrogens (tertiary/aromatic N) is 14. The molecule has 768 valence electrons. The highest BCUT2D eigenvalue weighted by Gasteiger charge is 2.25. The smallest absolute Gasteiger partial charge is 0.119 e. The maximum atomic E-state index is 4.79. The summed E-state index contributed by atoms with van der Waals surface area (Å²) in [5.74, 6) is 7.69. The summed E-state index contributed by atoms with van der Waals surface area (Å²) in [4.78, 5) is 30.9. The number of thiazole rings is 2. The molecule has 26 heteroatoms. The van der Waals surface area contributed by atoms with Crippen LogP contribution in [0.25, 0.3) is 171 Å². The Kier molecular flexibility index (Phi) is 31.8. The van der Waals surface area contributed by atoms with E-state index >= 15 is 0 Å². The molecule has 0 atom stereocenters. The SMILES string of the molecule is CC(C)c1cc2c(ccc3c(C(C)C)[nH]nc32)s1.CC(C)c1cc2ccc3c(C(C)C)[nH]nc3c2s1.CC(C)c1ccc2c(c1)ncc1c(C(C)C)[nH]nc12.CC(C)c1ccc2ccc3c(C(C)C)[nH]nc3c2n1.CC(C)c1cnc2c(ccc3c(C(C)C)[nH]nc32)c1.CC(C)c1cnc2ccc3c(C(C)C)[nH]nc3c2c1.CC(C)c1nc2c(ccc3c(C(C)C)[nH]nc32)s1.CC(C)c1nc2ccc3c(C(C)C)[nH]nc3c2s1. The van der Waals surface area contributed by atoms with Gasteiger partial charge in [-0.3, -0.25) is 60.7 Å². The molecule has 24 rings (SSSR count). The van der Waals surface area contributed by atoms with Gasteiger partial charge in [0.25, 0.3) is 0 Å². The van der Waals surface area contributed by atoms with E-state index in [2.05, 4.69) is 463 Å². The van der Waals surface area contributed by atoms with Gasteiger partial charge < -0.3 is 0 Å². The van der Waals surface area contributed by atoms with Crippen molar-refractivity contribution in [3.05, 3.63) is 246 Å². The summed E-state index contributed by atoms with van der Waals surface area (Å²) in [5.41, 5.74) is 29.1. The number of hydrogen-bond donors (Lipinski definition) is 8. The standard InChI is InChI=1S/4C16H19N3.2C15H18N2S.2C14H17N3S/c1-9(2)13-8-6-11-5-7-12-14(10(3)4)18-19-16(12)15(11)17-13;1-9(2)11-7-13-14(17-8-11)6-5-12-15(10(3)4)18-19-16(12)13;1-9(2)12-7-11-5-6-13-14(10(3)4)18-19-16(13)15(11)17-8-12;1-9(2)11-5-6-12-14(7-11)17-8-13-15(10(3)4)18-19-16(12)13;1-8(2)13-7-11-12(18-13)6-5-10-14(9(3)4)16-17-15(10)11;1-8(2)12-7-10-5-6-11-13(9(3)4)16-17-14(11)15(10)18-12;1-7(2)11-9-5-6-10-13(12(9)17-16-11)15-14(18-10)8(3)4;1-7(2)11-9-5-6-10-13(12(9)17-16-11)18-14(15-10)8(3)4/h4*5-10H,1-4H3,(H,18,19);2*5-9H,1-4H3,(H,16,17);2*5-8H,1-4H3,(H,16,17). The van der Waals surface area contributed by atoms with E-state index in [-0.39, 0.29) is 0 Å². The van der Waals surface area contributed by atoms with Gasteiger partial charge in [-0.25, -0.2) is 9.97 Å². The Morgan fingerprint density at radius 3 is 1.07 bits per heavy atom. The summed E-state index contributed by atoms with van der Waals surface area (Å²) in [6.45, 7) is 70.1. The second-order valence-corrected chi connectivity index (χ2v) is 48.8. The molecule has 148 heavy (non-hydrogen) atoms. The van der Waals surface area contributed by atoms with Crippen LogP contribution in [0.3, 0.4) is 0 Å². The van der Waals surface area contributed by atoms with Crippen molar-refractivity contribution in [1.29, 1.82) is 0 Å². The fourth-order valence-corrected chi connectivity index (χ4v) is 23.2. The van der Waals surface area contributed by atoms with Gasteiger partial charge in [-0.05, 0) is 190 Å². The Hall–Kier alpha value is -13.1. The van der Waals surface area contributed by atoms with Crippen LogP contribution in [0.4, 0.5) is 0 Å². The van der Waals surface area contributed by atoms with Gasteiger partial charge in [0.05, 0.1) is 51.7 Å². The summed E-state index contributed by atoms with van der Waals surface area (Å²) in [7, 11) is 0. The molecule has 24 aromatic rings. The van der Waals surface area contributed by atoms with Crippen molar-refractivity contribution in [2.75, 3.05) is 0 Å². The first-order chi connectivity index (χ1) is 70.6. The van der Waals surface area contributed by atoms with E-state index in [0.717, 1.165) is 110 Å². The van der Waals surface area contributed by atoms with Gasteiger partial charge in [0.15, 0.2) is 0 Å². The predicted octanol–water partition coefficient (Wildman–Crippen LogP) is 36.3. The lowest BCUT2D eigenvalue weighted by atomic mass is 10.00. The number of pyridine rings is 4. The molecule has 0 radical (unpaired) electrons. The molecule has 0 saturated heterocycles. The van der Waals surface area contributed by atoms with Crippen LogP contribution in [0.1, 0.15) is 404 Å². The molecule has 22 nitrogen and oxygen atoms in total. The van der Waals surface area contributed by atoms with Gasteiger partial charge in [0, 0.05) is 166 Å². The third-order valence-electron chi connectivity index (χ3n) is 27.9. The highest BCUT2D eigenvalue weighted by atomic mass is 32.1. The molecule has 0 aliphatic carbocycles. The van der Waals surface area contributed by atoms with Crippen molar-refractivity contribution in [2.24, 2.45) is 0 Å². The quantitative estimate of drug-likeness (QED) is 0.0446. The first-order valence-corrected chi connectivity index (χ1v) is 56.3. The Morgan fingerprint density at radius 1 is 0.189 bits per heavy atom.